The average Bonchev–Trinajstić information content (AvgIpc) is 3.23. The summed E-state index contributed by atoms with van der Waals surface area (Å²) >= 11 is 0. The van der Waals surface area contributed by atoms with Crippen molar-refractivity contribution in [1.29, 1.82) is 0 Å². The summed E-state index contributed by atoms with van der Waals surface area (Å²) in [5, 5.41) is 9.44. The van der Waals surface area contributed by atoms with Gasteiger partial charge in [0.25, 0.3) is 0 Å². The molecule has 1 aromatic carbocycles. The van der Waals surface area contributed by atoms with E-state index in [1.165, 1.54) is 21.6 Å². The lowest BCUT2D eigenvalue weighted by Gasteiger charge is -2.33. The van der Waals surface area contributed by atoms with Crippen molar-refractivity contribution in [3.05, 3.63) is 46.5 Å². The molecule has 0 aromatic heterocycles. The Labute approximate surface area is 178 Å². The van der Waals surface area contributed by atoms with Crippen molar-refractivity contribution in [2.75, 3.05) is 13.7 Å². The van der Waals surface area contributed by atoms with E-state index in [2.05, 4.69) is 26.8 Å². The normalized spacial score (nSPS) is 29.1. The molecule has 2 saturated heterocycles. The van der Waals surface area contributed by atoms with Crippen LogP contribution in [0.1, 0.15) is 45.6 Å². The van der Waals surface area contributed by atoms with Crippen molar-refractivity contribution in [3.63, 3.8) is 0 Å². The minimum absolute atomic E-state index is 0.0188. The molecule has 160 valence electrons. The van der Waals surface area contributed by atoms with Crippen LogP contribution in [-0.4, -0.2) is 41.6 Å². The third-order valence-corrected chi connectivity index (χ3v) is 6.97. The minimum Gasteiger partial charge on any atom is -0.508 e. The van der Waals surface area contributed by atoms with Gasteiger partial charge < -0.3 is 9.84 Å². The van der Waals surface area contributed by atoms with Crippen LogP contribution >= 0.6 is 0 Å². The minimum atomic E-state index is -0.251. The number of amides is 2. The molecule has 2 heterocycles. The van der Waals surface area contributed by atoms with E-state index in [0.29, 0.717) is 18.9 Å². The Bertz CT molecular complexity index is 912. The molecule has 3 aliphatic rings. The fourth-order valence-electron chi connectivity index (χ4n) is 5.40. The van der Waals surface area contributed by atoms with Crippen molar-refractivity contribution in [3.8, 4) is 5.75 Å². The monoisotopic (exact) mass is 409 g/mol. The molecule has 2 amide bonds. The van der Waals surface area contributed by atoms with Crippen LogP contribution in [0.3, 0.4) is 0 Å². The highest BCUT2D eigenvalue weighted by molar-refractivity contribution is 6.05. The number of carbonyl (C=O) groups is 2. The number of ether oxygens (including phenoxy) is 1. The molecule has 0 radical (unpaired) electrons. The van der Waals surface area contributed by atoms with Gasteiger partial charge in [0, 0.05) is 13.0 Å². The van der Waals surface area contributed by atoms with Gasteiger partial charge in [-0.25, -0.2) is 0 Å². The van der Waals surface area contributed by atoms with E-state index >= 15 is 0 Å². The van der Waals surface area contributed by atoms with Crippen molar-refractivity contribution < 1.29 is 19.4 Å². The highest BCUT2D eigenvalue weighted by Gasteiger charge is 2.56. The van der Waals surface area contributed by atoms with Crippen LogP contribution in [0.5, 0.6) is 5.75 Å². The molecule has 1 N–H and O–H groups in total. The van der Waals surface area contributed by atoms with Crippen LogP contribution in [0, 0.1) is 23.7 Å². The van der Waals surface area contributed by atoms with Gasteiger partial charge in [0.1, 0.15) is 5.75 Å². The number of nitrogens with zero attached hydrogens (tertiary/aromatic N) is 1. The Kier molecular flexibility index (Phi) is 5.58. The fourth-order valence-corrected chi connectivity index (χ4v) is 5.40. The Morgan fingerprint density at radius 1 is 1.20 bits per heavy atom. The summed E-state index contributed by atoms with van der Waals surface area (Å²) < 4.78 is 6.22. The van der Waals surface area contributed by atoms with Crippen LogP contribution < -0.4 is 0 Å². The predicted octanol–water partition coefficient (Wildman–Crippen LogP) is 4.18. The third-order valence-electron chi connectivity index (χ3n) is 6.97. The number of imide groups is 1. The molecule has 0 bridgehead atoms. The third kappa shape index (κ3) is 3.60. The molecule has 5 nitrogen and oxygen atoms in total. The molecule has 2 fully saturated rings. The van der Waals surface area contributed by atoms with Gasteiger partial charge in [-0.15, -0.1) is 0 Å². The second kappa shape index (κ2) is 8.03. The molecular formula is C25H31NO4. The summed E-state index contributed by atoms with van der Waals surface area (Å²) in [5.41, 5.74) is 4.93. The van der Waals surface area contributed by atoms with E-state index in [4.69, 9.17) is 4.74 Å². The molecule has 5 heteroatoms. The number of hydrogen-bond donors (Lipinski definition) is 1. The van der Waals surface area contributed by atoms with Crippen LogP contribution in [0.4, 0.5) is 0 Å². The molecule has 1 aromatic rings. The Balaban J connectivity index is 1.53. The van der Waals surface area contributed by atoms with Gasteiger partial charge in [-0.2, -0.15) is 0 Å². The van der Waals surface area contributed by atoms with Crippen LogP contribution in [0.15, 0.2) is 41.0 Å². The molecule has 30 heavy (non-hydrogen) atoms. The molecule has 4 atom stereocenters. The molecular weight excluding hydrogens is 378 g/mol. The standard InChI is InChI=1S/C25H31NO4/c1-14(2)18-12-19-23(25(29)26(4)24(19)28)20-13-30-21(22(18)20)10-5-15(3)11-16-6-8-17(27)9-7-16/h6-9,11,14,19-21,23,27H,5,10,12-13H2,1-4H3/b15-11+/t19-,20+,21-,23-/m1/s1. The number of hydrogen-bond acceptors (Lipinski definition) is 4. The van der Waals surface area contributed by atoms with E-state index in [-0.39, 0.29) is 41.4 Å². The number of aromatic hydroxyl groups is 1. The fraction of sp³-hybridized carbons (Fsp3) is 0.520. The summed E-state index contributed by atoms with van der Waals surface area (Å²) in [6, 6.07) is 7.19. The molecule has 1 aliphatic carbocycles. The number of likely N-dealkylation sites (tertiary alicyclic amines) is 1. The molecule has 0 unspecified atom stereocenters. The summed E-state index contributed by atoms with van der Waals surface area (Å²) in [7, 11) is 1.61. The van der Waals surface area contributed by atoms with Gasteiger partial charge >= 0.3 is 0 Å². The molecule has 0 saturated carbocycles. The molecule has 2 aliphatic heterocycles. The zero-order valence-electron chi connectivity index (χ0n) is 18.2. The largest absolute Gasteiger partial charge is 0.508 e. The highest BCUT2D eigenvalue weighted by atomic mass is 16.5. The first-order chi connectivity index (χ1) is 14.3. The second-order valence-electron chi connectivity index (χ2n) is 9.26. The number of fused-ring (bicyclic) bond motifs is 3. The first kappa shape index (κ1) is 20.9. The Morgan fingerprint density at radius 3 is 2.57 bits per heavy atom. The first-order valence-electron chi connectivity index (χ1n) is 10.9. The van der Waals surface area contributed by atoms with Crippen molar-refractivity contribution >= 4 is 17.9 Å². The molecule has 4 rings (SSSR count). The first-order valence-corrected chi connectivity index (χ1v) is 10.9. The predicted molar refractivity (Wildman–Crippen MR) is 115 cm³/mol. The quantitative estimate of drug-likeness (QED) is 0.585. The van der Waals surface area contributed by atoms with Gasteiger partial charge in [-0.05, 0) is 55.4 Å². The van der Waals surface area contributed by atoms with Crippen LogP contribution in [0.25, 0.3) is 6.08 Å². The van der Waals surface area contributed by atoms with E-state index in [1.54, 1.807) is 19.2 Å². The lowest BCUT2D eigenvalue weighted by atomic mass is 9.67. The Morgan fingerprint density at radius 2 is 1.90 bits per heavy atom. The lowest BCUT2D eigenvalue weighted by molar-refractivity contribution is -0.138. The van der Waals surface area contributed by atoms with Gasteiger partial charge in [0.2, 0.25) is 11.8 Å². The topological polar surface area (TPSA) is 66.8 Å². The van der Waals surface area contributed by atoms with Gasteiger partial charge in [-0.1, -0.05) is 43.2 Å². The second-order valence-corrected chi connectivity index (χ2v) is 9.26. The Hall–Kier alpha value is -2.40. The SMILES string of the molecule is C/C(=C\c1ccc(O)cc1)CC[C@H]1OC[C@H]2C1=C(C(C)C)C[C@H]1C(=O)N(C)C(=O)[C@H]12. The molecule has 0 spiro atoms. The van der Waals surface area contributed by atoms with Crippen molar-refractivity contribution in [2.24, 2.45) is 23.7 Å². The highest BCUT2D eigenvalue weighted by Crippen LogP contribution is 2.51. The average molecular weight is 410 g/mol. The van der Waals surface area contributed by atoms with Crippen LogP contribution in [0.2, 0.25) is 0 Å². The maximum absolute atomic E-state index is 12.8. The van der Waals surface area contributed by atoms with Gasteiger partial charge in [0.05, 0.1) is 24.5 Å². The number of carbonyl (C=O) groups excluding carboxylic acids is 2. The van der Waals surface area contributed by atoms with Crippen LogP contribution in [-0.2, 0) is 14.3 Å². The zero-order valence-corrected chi connectivity index (χ0v) is 18.2. The lowest BCUT2D eigenvalue weighted by Crippen LogP contribution is -2.34. The van der Waals surface area contributed by atoms with E-state index in [9.17, 15) is 14.7 Å². The van der Waals surface area contributed by atoms with E-state index in [0.717, 1.165) is 18.4 Å². The number of allylic oxidation sites excluding steroid dienone is 2. The van der Waals surface area contributed by atoms with Crippen molar-refractivity contribution in [1.82, 2.24) is 4.90 Å². The smallest absolute Gasteiger partial charge is 0.233 e. The number of rotatable bonds is 5. The number of phenols is 1. The van der Waals surface area contributed by atoms with Gasteiger partial charge in [-0.3, -0.25) is 14.5 Å². The maximum atomic E-state index is 12.8. The zero-order chi connectivity index (χ0) is 21.6. The maximum Gasteiger partial charge on any atom is 0.233 e. The summed E-state index contributed by atoms with van der Waals surface area (Å²) in [6.07, 6.45) is 4.61. The van der Waals surface area contributed by atoms with E-state index in [1.807, 2.05) is 12.1 Å². The summed E-state index contributed by atoms with van der Waals surface area (Å²) in [6.45, 7) is 7.00. The summed E-state index contributed by atoms with van der Waals surface area (Å²) in [5.74, 6) is 0.112. The number of benzene rings is 1. The number of phenolic OH excluding ortho intramolecular Hbond substituents is 1. The van der Waals surface area contributed by atoms with E-state index < -0.39 is 0 Å². The van der Waals surface area contributed by atoms with Gasteiger partial charge in [0.15, 0.2) is 0 Å². The van der Waals surface area contributed by atoms with Crippen molar-refractivity contribution in [2.45, 2.75) is 46.1 Å². The summed E-state index contributed by atoms with van der Waals surface area (Å²) in [4.78, 5) is 26.7.